The van der Waals surface area contributed by atoms with Crippen molar-refractivity contribution in [2.45, 2.75) is 0 Å². The molecule has 0 unspecified atom stereocenters. The predicted molar refractivity (Wildman–Crippen MR) is 64.4 cm³/mol. The van der Waals surface area contributed by atoms with Crippen molar-refractivity contribution < 1.29 is 10.2 Å². The molecule has 0 atom stereocenters. The van der Waals surface area contributed by atoms with Crippen LogP contribution in [0.1, 0.15) is 0 Å². The minimum atomic E-state index is -0.144. The van der Waals surface area contributed by atoms with E-state index in [1.807, 2.05) is 18.2 Å². The number of phenolic OH excluding ortho intramolecular Hbond substituents is 2. The number of nitrogens with zero attached hydrogens (tertiary/aromatic N) is 2. The number of phenols is 2. The molecule has 17 heavy (non-hydrogen) atoms. The van der Waals surface area contributed by atoms with Gasteiger partial charge in [0.2, 0.25) is 0 Å². The highest BCUT2D eigenvalue weighted by Crippen LogP contribution is 2.37. The van der Waals surface area contributed by atoms with Gasteiger partial charge >= 0.3 is 0 Å². The average Bonchev–Trinajstić information content (AvgIpc) is 2.87. The van der Waals surface area contributed by atoms with Crippen LogP contribution in [0.3, 0.4) is 0 Å². The molecule has 0 saturated heterocycles. The van der Waals surface area contributed by atoms with Crippen molar-refractivity contribution in [3.05, 3.63) is 48.8 Å². The molecule has 3 rings (SSSR count). The fourth-order valence-electron chi connectivity index (χ4n) is 1.93. The number of rotatable bonds is 1. The number of fused-ring (bicyclic) bond motifs is 1. The normalized spacial score (nSPS) is 10.8. The quantitative estimate of drug-likeness (QED) is 0.626. The van der Waals surface area contributed by atoms with Crippen LogP contribution in [0, 0.1) is 0 Å². The molecular weight excluding hydrogens is 216 g/mol. The minimum Gasteiger partial charge on any atom is -0.504 e. The Morgan fingerprint density at radius 2 is 1.76 bits per heavy atom. The van der Waals surface area contributed by atoms with E-state index >= 15 is 0 Å². The van der Waals surface area contributed by atoms with Gasteiger partial charge in [-0.3, -0.25) is 0 Å². The standard InChI is InChI=1S/C13H10N2O2/c16-12-8-11(15-7-3-6-14-15)9-4-1-2-5-10(9)13(12)17/h1-8,16-17H. The predicted octanol–water partition coefficient (Wildman–Crippen LogP) is 2.44. The summed E-state index contributed by atoms with van der Waals surface area (Å²) in [6.07, 6.45) is 3.46. The Labute approximate surface area is 97.4 Å². The molecule has 4 heteroatoms. The molecule has 0 amide bonds. The summed E-state index contributed by atoms with van der Waals surface area (Å²) in [7, 11) is 0. The van der Waals surface area contributed by atoms with Gasteiger partial charge in [0.05, 0.1) is 5.69 Å². The average molecular weight is 226 g/mol. The topological polar surface area (TPSA) is 58.3 Å². The van der Waals surface area contributed by atoms with E-state index in [-0.39, 0.29) is 11.5 Å². The third-order valence-corrected chi connectivity index (χ3v) is 2.73. The Bertz CT molecular complexity index is 675. The van der Waals surface area contributed by atoms with Crippen molar-refractivity contribution in [2.24, 2.45) is 0 Å². The van der Waals surface area contributed by atoms with Crippen LogP contribution in [-0.4, -0.2) is 20.0 Å². The summed E-state index contributed by atoms with van der Waals surface area (Å²) in [5, 5.41) is 25.1. The Morgan fingerprint density at radius 1 is 1.00 bits per heavy atom. The van der Waals surface area contributed by atoms with Crippen LogP contribution in [0.5, 0.6) is 11.5 Å². The lowest BCUT2D eigenvalue weighted by atomic mass is 10.1. The van der Waals surface area contributed by atoms with E-state index in [9.17, 15) is 10.2 Å². The van der Waals surface area contributed by atoms with Crippen LogP contribution in [0.25, 0.3) is 16.5 Å². The zero-order valence-electron chi connectivity index (χ0n) is 8.91. The number of aromatic hydroxyl groups is 2. The first-order valence-corrected chi connectivity index (χ1v) is 5.21. The van der Waals surface area contributed by atoms with E-state index in [0.29, 0.717) is 5.39 Å². The SMILES string of the molecule is Oc1cc(-n2cccn2)c2ccccc2c1O. The lowest BCUT2D eigenvalue weighted by Gasteiger charge is -2.09. The number of hydrogen-bond donors (Lipinski definition) is 2. The third kappa shape index (κ3) is 1.42. The second-order valence-electron chi connectivity index (χ2n) is 3.76. The largest absolute Gasteiger partial charge is 0.504 e. The Balaban J connectivity index is 2.43. The first kappa shape index (κ1) is 9.72. The molecule has 2 aromatic carbocycles. The minimum absolute atomic E-state index is 0.100. The van der Waals surface area contributed by atoms with Gasteiger partial charge in [-0.2, -0.15) is 5.10 Å². The first-order chi connectivity index (χ1) is 8.27. The molecule has 1 aromatic heterocycles. The maximum absolute atomic E-state index is 9.80. The zero-order chi connectivity index (χ0) is 11.8. The van der Waals surface area contributed by atoms with Gasteiger partial charge in [0, 0.05) is 29.2 Å². The molecule has 3 aromatic rings. The molecule has 0 aliphatic heterocycles. The maximum Gasteiger partial charge on any atom is 0.165 e. The zero-order valence-corrected chi connectivity index (χ0v) is 8.91. The summed E-state index contributed by atoms with van der Waals surface area (Å²) in [6, 6.07) is 10.6. The van der Waals surface area contributed by atoms with Gasteiger partial charge in [0.1, 0.15) is 0 Å². The van der Waals surface area contributed by atoms with Crippen molar-refractivity contribution in [3.63, 3.8) is 0 Å². The van der Waals surface area contributed by atoms with Crippen molar-refractivity contribution in [1.29, 1.82) is 0 Å². The van der Waals surface area contributed by atoms with Crippen molar-refractivity contribution in [3.8, 4) is 17.2 Å². The number of hydrogen-bond acceptors (Lipinski definition) is 3. The third-order valence-electron chi connectivity index (χ3n) is 2.73. The van der Waals surface area contributed by atoms with Crippen molar-refractivity contribution in [1.82, 2.24) is 9.78 Å². The lowest BCUT2D eigenvalue weighted by Crippen LogP contribution is -1.95. The molecule has 0 aliphatic carbocycles. The molecule has 4 nitrogen and oxygen atoms in total. The first-order valence-electron chi connectivity index (χ1n) is 5.21. The highest BCUT2D eigenvalue weighted by Gasteiger charge is 2.11. The van der Waals surface area contributed by atoms with Crippen LogP contribution in [-0.2, 0) is 0 Å². The smallest absolute Gasteiger partial charge is 0.165 e. The van der Waals surface area contributed by atoms with E-state index in [0.717, 1.165) is 11.1 Å². The fraction of sp³-hybridized carbons (Fsp3) is 0. The highest BCUT2D eigenvalue weighted by atomic mass is 16.3. The van der Waals surface area contributed by atoms with Crippen molar-refractivity contribution in [2.75, 3.05) is 0 Å². The Hall–Kier alpha value is -2.49. The van der Waals surface area contributed by atoms with Gasteiger partial charge < -0.3 is 10.2 Å². The summed E-state index contributed by atoms with van der Waals surface area (Å²) in [6.45, 7) is 0. The van der Waals surface area contributed by atoms with E-state index in [2.05, 4.69) is 5.10 Å². The maximum atomic E-state index is 9.80. The molecule has 1 heterocycles. The summed E-state index contributed by atoms with van der Waals surface area (Å²) >= 11 is 0. The summed E-state index contributed by atoms with van der Waals surface area (Å²) < 4.78 is 1.65. The summed E-state index contributed by atoms with van der Waals surface area (Å²) in [5.41, 5.74) is 0.737. The molecule has 0 bridgehead atoms. The highest BCUT2D eigenvalue weighted by molar-refractivity contribution is 5.96. The second kappa shape index (κ2) is 3.52. The van der Waals surface area contributed by atoms with Gasteiger partial charge in [-0.15, -0.1) is 0 Å². The Morgan fingerprint density at radius 3 is 2.47 bits per heavy atom. The fourth-order valence-corrected chi connectivity index (χ4v) is 1.93. The molecule has 0 aliphatic rings. The lowest BCUT2D eigenvalue weighted by molar-refractivity contribution is 0.408. The number of aromatic nitrogens is 2. The van der Waals surface area contributed by atoms with Gasteiger partial charge in [-0.05, 0) is 6.07 Å². The van der Waals surface area contributed by atoms with E-state index in [1.54, 1.807) is 29.2 Å². The molecule has 84 valence electrons. The molecule has 0 fully saturated rings. The number of benzene rings is 2. The van der Waals surface area contributed by atoms with Crippen LogP contribution in [0.15, 0.2) is 48.8 Å². The van der Waals surface area contributed by atoms with E-state index in [1.165, 1.54) is 6.07 Å². The summed E-state index contributed by atoms with van der Waals surface area (Å²) in [4.78, 5) is 0. The van der Waals surface area contributed by atoms with Crippen LogP contribution in [0.4, 0.5) is 0 Å². The van der Waals surface area contributed by atoms with Crippen LogP contribution in [0.2, 0.25) is 0 Å². The van der Waals surface area contributed by atoms with E-state index in [4.69, 9.17) is 0 Å². The summed E-state index contributed by atoms with van der Waals surface area (Å²) in [5.74, 6) is -0.245. The van der Waals surface area contributed by atoms with Crippen molar-refractivity contribution >= 4 is 10.8 Å². The molecule has 2 N–H and O–H groups in total. The van der Waals surface area contributed by atoms with Gasteiger partial charge in [0.15, 0.2) is 11.5 Å². The van der Waals surface area contributed by atoms with Gasteiger partial charge in [0.25, 0.3) is 0 Å². The molecular formula is C13H10N2O2. The molecule has 0 spiro atoms. The second-order valence-corrected chi connectivity index (χ2v) is 3.76. The van der Waals surface area contributed by atoms with Crippen LogP contribution < -0.4 is 0 Å². The van der Waals surface area contributed by atoms with Crippen LogP contribution >= 0.6 is 0 Å². The van der Waals surface area contributed by atoms with E-state index < -0.39 is 0 Å². The molecule has 0 saturated carbocycles. The van der Waals surface area contributed by atoms with Gasteiger partial charge in [-0.1, -0.05) is 24.3 Å². The molecule has 0 radical (unpaired) electrons. The monoisotopic (exact) mass is 226 g/mol. The van der Waals surface area contributed by atoms with Gasteiger partial charge in [-0.25, -0.2) is 4.68 Å². The Kier molecular flexibility index (Phi) is 2.01.